The monoisotopic (exact) mass is 576 g/mol. The van der Waals surface area contributed by atoms with Gasteiger partial charge in [-0.1, -0.05) is 34.6 Å². The highest BCUT2D eigenvalue weighted by Crippen LogP contribution is 2.46. The number of nitrogens with zero attached hydrogens (tertiary/aromatic N) is 4. The first-order chi connectivity index (χ1) is 17.5. The van der Waals surface area contributed by atoms with Crippen LogP contribution in [-0.4, -0.2) is 67.2 Å². The molecule has 4 N–H and O–H groups in total. The number of nitrogen functional groups attached to an aromatic ring is 1. The summed E-state index contributed by atoms with van der Waals surface area (Å²) in [5.74, 6) is -0.445. The van der Waals surface area contributed by atoms with Crippen LogP contribution in [0.15, 0.2) is 6.33 Å². The van der Waals surface area contributed by atoms with Crippen LogP contribution in [-0.2, 0) is 23.4 Å². The quantitative estimate of drug-likeness (QED) is 0.202. The molecule has 2 aromatic heterocycles. The molecule has 15 heteroatoms. The van der Waals surface area contributed by atoms with E-state index in [0.717, 1.165) is 0 Å². The minimum absolute atomic E-state index is 0.0108. The first-order valence-corrected chi connectivity index (χ1v) is 14.4. The van der Waals surface area contributed by atoms with E-state index in [1.807, 2.05) is 27.7 Å². The molecule has 5 atom stereocenters. The molecule has 0 bridgehead atoms. The third kappa shape index (κ3) is 7.34. The largest absolute Gasteiger partial charge is 0.476 e. The SMILES string of the molecule is CCOc1nc(N)nc2c1ncn2[C@@H]1O[C@H](COP(=O)(O)NC(COC(=O)C(C)C)C(C)(C)C)C[C@@]1(C)Cl. The number of imidazole rings is 1. The van der Waals surface area contributed by atoms with Crippen LogP contribution in [0.4, 0.5) is 5.95 Å². The highest BCUT2D eigenvalue weighted by atomic mass is 35.5. The van der Waals surface area contributed by atoms with Gasteiger partial charge in [0.05, 0.1) is 42.5 Å². The molecule has 0 aromatic carbocycles. The van der Waals surface area contributed by atoms with Crippen LogP contribution < -0.4 is 15.6 Å². The predicted octanol–water partition coefficient (Wildman–Crippen LogP) is 3.41. The molecule has 214 valence electrons. The number of hydrogen-bond donors (Lipinski definition) is 3. The van der Waals surface area contributed by atoms with E-state index in [4.69, 9.17) is 36.1 Å². The third-order valence-electron chi connectivity index (χ3n) is 6.07. The van der Waals surface area contributed by atoms with Gasteiger partial charge in [0, 0.05) is 0 Å². The highest BCUT2D eigenvalue weighted by molar-refractivity contribution is 7.50. The Bertz CT molecular complexity index is 1180. The molecule has 1 saturated heterocycles. The average molecular weight is 577 g/mol. The van der Waals surface area contributed by atoms with Gasteiger partial charge in [0.25, 0.3) is 0 Å². The standard InChI is InChI=1S/C23H38ClN6O7P/c1-8-34-18-16-17(27-21(25)28-18)30(12-26-16)20-23(7,24)9-14(37-20)10-36-38(32,33)29-15(22(4,5)6)11-35-19(31)13(2)3/h12-15,20H,8-11H2,1-7H3,(H2,25,27,28)(H2,29,32,33)/t14-,15?,20+,23+/m0/s1. The number of alkyl halides is 1. The number of hydrogen-bond acceptors (Lipinski definition) is 10. The number of aromatic nitrogens is 4. The van der Waals surface area contributed by atoms with Crippen molar-refractivity contribution in [2.45, 2.75) is 78.1 Å². The Morgan fingerprint density at radius 2 is 2.11 bits per heavy atom. The topological polar surface area (TPSA) is 173 Å². The maximum absolute atomic E-state index is 12.9. The molecular weight excluding hydrogens is 539 g/mol. The number of rotatable bonds is 11. The number of fused-ring (bicyclic) bond motifs is 1. The van der Waals surface area contributed by atoms with E-state index in [-0.39, 0.29) is 31.0 Å². The lowest BCUT2D eigenvalue weighted by Gasteiger charge is -2.32. The van der Waals surface area contributed by atoms with E-state index in [0.29, 0.717) is 24.2 Å². The predicted molar refractivity (Wildman–Crippen MR) is 142 cm³/mol. The second kappa shape index (κ2) is 11.6. The molecule has 0 amide bonds. The summed E-state index contributed by atoms with van der Waals surface area (Å²) in [5.41, 5.74) is 6.16. The van der Waals surface area contributed by atoms with Gasteiger partial charge in [0.1, 0.15) is 6.61 Å². The molecule has 1 aliphatic rings. The second-order valence-corrected chi connectivity index (χ2v) is 13.3. The summed E-state index contributed by atoms with van der Waals surface area (Å²) >= 11 is 6.82. The number of nitrogens with two attached hydrogens (primary N) is 1. The maximum atomic E-state index is 12.9. The molecular formula is C23H38ClN6O7P. The molecule has 13 nitrogen and oxygen atoms in total. The van der Waals surface area contributed by atoms with Gasteiger partial charge in [0.2, 0.25) is 11.8 Å². The molecule has 0 radical (unpaired) electrons. The van der Waals surface area contributed by atoms with Gasteiger partial charge < -0.3 is 24.8 Å². The Hall–Kier alpha value is -2.02. The van der Waals surface area contributed by atoms with E-state index < -0.39 is 42.4 Å². The number of esters is 1. The van der Waals surface area contributed by atoms with Crippen LogP contribution in [0.5, 0.6) is 5.88 Å². The summed E-state index contributed by atoms with van der Waals surface area (Å²) < 4.78 is 36.9. The van der Waals surface area contributed by atoms with E-state index in [1.54, 1.807) is 25.3 Å². The Morgan fingerprint density at radius 1 is 1.42 bits per heavy atom. The molecule has 0 spiro atoms. The number of nitrogens with one attached hydrogen (secondary N) is 1. The zero-order valence-corrected chi connectivity index (χ0v) is 24.5. The van der Waals surface area contributed by atoms with E-state index >= 15 is 0 Å². The fourth-order valence-corrected chi connectivity index (χ4v) is 5.55. The number of carbonyl (C=O) groups excluding carboxylic acids is 1. The molecule has 3 heterocycles. The van der Waals surface area contributed by atoms with Crippen LogP contribution in [0.25, 0.3) is 11.2 Å². The van der Waals surface area contributed by atoms with Crippen molar-refractivity contribution < 1.29 is 33.0 Å². The Kier molecular flexibility index (Phi) is 9.33. The smallest absolute Gasteiger partial charge is 0.403 e. The lowest BCUT2D eigenvalue weighted by Crippen LogP contribution is -2.43. The van der Waals surface area contributed by atoms with Crippen molar-refractivity contribution in [2.24, 2.45) is 11.3 Å². The number of carbonyl (C=O) groups is 1. The third-order valence-corrected chi connectivity index (χ3v) is 7.54. The number of halogens is 1. The van der Waals surface area contributed by atoms with Gasteiger partial charge in [0.15, 0.2) is 17.4 Å². The minimum Gasteiger partial charge on any atom is -0.476 e. The molecule has 0 saturated carbocycles. The second-order valence-electron chi connectivity index (χ2n) is 10.9. The van der Waals surface area contributed by atoms with Gasteiger partial charge in [-0.2, -0.15) is 9.97 Å². The number of ether oxygens (including phenoxy) is 3. The van der Waals surface area contributed by atoms with Crippen LogP contribution in [0.1, 0.15) is 61.1 Å². The van der Waals surface area contributed by atoms with Gasteiger partial charge in [-0.3, -0.25) is 13.9 Å². The average Bonchev–Trinajstić information content (AvgIpc) is 3.33. The summed E-state index contributed by atoms with van der Waals surface area (Å²) in [5, 5.41) is 2.62. The van der Waals surface area contributed by atoms with E-state index in [2.05, 4.69) is 20.0 Å². The van der Waals surface area contributed by atoms with Gasteiger partial charge >= 0.3 is 13.7 Å². The molecule has 2 aromatic rings. The summed E-state index contributed by atoms with van der Waals surface area (Å²) in [4.78, 5) is 34.3. The molecule has 3 rings (SSSR count). The number of anilines is 1. The maximum Gasteiger partial charge on any atom is 0.403 e. The molecule has 2 unspecified atom stereocenters. The van der Waals surface area contributed by atoms with Crippen molar-refractivity contribution in [3.05, 3.63) is 6.33 Å². The van der Waals surface area contributed by atoms with Crippen molar-refractivity contribution >= 4 is 42.4 Å². The Balaban J connectivity index is 1.70. The van der Waals surface area contributed by atoms with E-state index in [1.165, 1.54) is 6.33 Å². The van der Waals surface area contributed by atoms with Crippen LogP contribution in [0, 0.1) is 11.3 Å². The zero-order valence-electron chi connectivity index (χ0n) is 22.8. The van der Waals surface area contributed by atoms with Crippen molar-refractivity contribution in [1.29, 1.82) is 0 Å². The van der Waals surface area contributed by atoms with Crippen molar-refractivity contribution in [2.75, 3.05) is 25.6 Å². The summed E-state index contributed by atoms with van der Waals surface area (Å²) in [6, 6.07) is -0.640. The van der Waals surface area contributed by atoms with Crippen LogP contribution >= 0.6 is 19.3 Å². The van der Waals surface area contributed by atoms with Gasteiger partial charge in [-0.15, -0.1) is 11.6 Å². The minimum atomic E-state index is -4.30. The van der Waals surface area contributed by atoms with Gasteiger partial charge in [-0.25, -0.2) is 14.6 Å². The lowest BCUT2D eigenvalue weighted by molar-refractivity contribution is -0.148. The lowest BCUT2D eigenvalue weighted by atomic mass is 9.88. The molecule has 38 heavy (non-hydrogen) atoms. The first-order valence-electron chi connectivity index (χ1n) is 12.4. The fourth-order valence-electron chi connectivity index (χ4n) is 3.92. The van der Waals surface area contributed by atoms with Crippen molar-refractivity contribution in [1.82, 2.24) is 24.6 Å². The molecule has 1 aliphatic heterocycles. The molecule has 1 fully saturated rings. The van der Waals surface area contributed by atoms with E-state index in [9.17, 15) is 14.3 Å². The fraction of sp³-hybridized carbons (Fsp3) is 0.739. The van der Waals surface area contributed by atoms with Crippen LogP contribution in [0.2, 0.25) is 0 Å². The van der Waals surface area contributed by atoms with Crippen LogP contribution in [0.3, 0.4) is 0 Å². The highest BCUT2D eigenvalue weighted by Gasteiger charge is 2.47. The summed E-state index contributed by atoms with van der Waals surface area (Å²) in [6.45, 7) is 12.7. The normalized spacial score (nSPS) is 24.5. The summed E-state index contributed by atoms with van der Waals surface area (Å²) in [7, 11) is -4.30. The van der Waals surface area contributed by atoms with Crippen molar-refractivity contribution in [3.63, 3.8) is 0 Å². The van der Waals surface area contributed by atoms with Crippen molar-refractivity contribution in [3.8, 4) is 5.88 Å². The van der Waals surface area contributed by atoms with Gasteiger partial charge in [-0.05, 0) is 25.7 Å². The Morgan fingerprint density at radius 3 is 2.71 bits per heavy atom. The molecule has 0 aliphatic carbocycles. The Labute approximate surface area is 227 Å². The summed E-state index contributed by atoms with van der Waals surface area (Å²) in [6.07, 6.45) is 0.489. The first kappa shape index (κ1) is 30.5. The zero-order chi connectivity index (χ0) is 28.5.